The highest BCUT2D eigenvalue weighted by Crippen LogP contribution is 2.27. The van der Waals surface area contributed by atoms with Crippen LogP contribution in [0.15, 0.2) is 29.2 Å². The van der Waals surface area contributed by atoms with E-state index < -0.39 is 0 Å². The maximum Gasteiger partial charge on any atom is 0.181 e. The van der Waals surface area contributed by atoms with Gasteiger partial charge in [0.2, 0.25) is 0 Å². The van der Waals surface area contributed by atoms with Crippen LogP contribution in [0.4, 0.5) is 5.13 Å². The summed E-state index contributed by atoms with van der Waals surface area (Å²) in [5.41, 5.74) is 14.1. The minimum atomic E-state index is 0.497. The van der Waals surface area contributed by atoms with Crippen molar-refractivity contribution in [2.45, 2.75) is 0 Å². The molecule has 4 nitrogen and oxygen atoms in total. The molecule has 1 heterocycles. The van der Waals surface area contributed by atoms with Crippen molar-refractivity contribution in [3.8, 4) is 0 Å². The number of thiazole rings is 1. The molecule has 1 aromatic carbocycles. The highest BCUT2D eigenvalue weighted by Gasteiger charge is 2.04. The molecule has 1 atom stereocenters. The van der Waals surface area contributed by atoms with Crippen LogP contribution in [0.25, 0.3) is 15.8 Å². The lowest BCUT2D eigenvalue weighted by molar-refractivity contribution is 1.49. The predicted molar refractivity (Wildman–Crippen MR) is 87.0 cm³/mol. The van der Waals surface area contributed by atoms with Crippen LogP contribution < -0.4 is 11.5 Å². The fraction of sp³-hybridized carbons (Fsp3) is 0. The van der Waals surface area contributed by atoms with Crippen LogP contribution in [0, 0.1) is 0 Å². The first-order valence-electron chi connectivity index (χ1n) is 4.71. The first kappa shape index (κ1) is 12.7. The average Bonchev–Trinajstić information content (AvgIpc) is 2.69. The summed E-state index contributed by atoms with van der Waals surface area (Å²) in [5, 5.41) is 0.581. The van der Waals surface area contributed by atoms with Crippen molar-refractivity contribution in [3.05, 3.63) is 30.0 Å². The van der Waals surface area contributed by atoms with E-state index in [0.717, 1.165) is 21.4 Å². The normalized spacial score (nSPS) is 13.4. The number of nitrogens with zero attached hydrogens (tertiary/aromatic N) is 2. The molecule has 0 aliphatic rings. The van der Waals surface area contributed by atoms with Crippen molar-refractivity contribution in [1.82, 2.24) is 4.98 Å². The summed E-state index contributed by atoms with van der Waals surface area (Å²) in [5.74, 6) is 0. The van der Waals surface area contributed by atoms with E-state index >= 15 is 0 Å². The molecule has 0 bridgehead atoms. The number of benzene rings is 1. The third-order valence-corrected chi connectivity index (χ3v) is 4.08. The molecule has 0 saturated carbocycles. The predicted octanol–water partition coefficient (Wildman–Crippen LogP) is 3.19. The second kappa shape index (κ2) is 5.75. The molecule has 0 spiro atoms. The van der Waals surface area contributed by atoms with Gasteiger partial charge in [0.1, 0.15) is 0 Å². The van der Waals surface area contributed by atoms with Crippen molar-refractivity contribution in [3.63, 3.8) is 0 Å². The van der Waals surface area contributed by atoms with Crippen LogP contribution in [0.3, 0.4) is 0 Å². The molecule has 1 unspecified atom stereocenters. The number of anilines is 1. The fourth-order valence-electron chi connectivity index (χ4n) is 1.43. The lowest BCUT2D eigenvalue weighted by Gasteiger charge is -2.00. The number of rotatable bonds is 3. The van der Waals surface area contributed by atoms with Gasteiger partial charge in [0.25, 0.3) is 0 Å². The van der Waals surface area contributed by atoms with Gasteiger partial charge in [-0.3, -0.25) is 4.76 Å². The number of hydrogen-bond donors (Lipinski definition) is 2. The molecule has 1 aromatic heterocycles. The first-order chi connectivity index (χ1) is 8.24. The van der Waals surface area contributed by atoms with Gasteiger partial charge in [-0.1, -0.05) is 17.4 Å². The van der Waals surface area contributed by atoms with Gasteiger partial charge in [-0.05, 0) is 39.7 Å². The summed E-state index contributed by atoms with van der Waals surface area (Å²) in [6.07, 6.45) is 3.85. The van der Waals surface area contributed by atoms with Crippen molar-refractivity contribution >= 4 is 66.9 Å². The molecule has 0 aliphatic carbocycles. The average molecular weight is 376 g/mol. The lowest BCUT2D eigenvalue weighted by atomic mass is 10.1. The topological polar surface area (TPSA) is 77.3 Å². The summed E-state index contributed by atoms with van der Waals surface area (Å²) in [7, 11) is 0. The van der Waals surface area contributed by atoms with Crippen LogP contribution in [0.5, 0.6) is 0 Å². The Bertz CT molecular complexity index is 593. The number of fused-ring (bicyclic) bond motifs is 1. The third kappa shape index (κ3) is 2.94. The number of hydrogen-bond acceptors (Lipinski definition) is 5. The van der Waals surface area contributed by atoms with E-state index in [1.54, 1.807) is 12.4 Å². The van der Waals surface area contributed by atoms with Crippen LogP contribution in [0.2, 0.25) is 0 Å². The van der Waals surface area contributed by atoms with E-state index in [9.17, 15) is 0 Å². The Morgan fingerprint density at radius 2 is 2.35 bits per heavy atom. The smallest absolute Gasteiger partial charge is 0.181 e. The molecule has 0 aliphatic heterocycles. The molecule has 88 valence electrons. The molecule has 17 heavy (non-hydrogen) atoms. The van der Waals surface area contributed by atoms with Gasteiger partial charge >= 0.3 is 0 Å². The quantitative estimate of drug-likeness (QED) is 0.491. The SMILES string of the molecule is N/C=C(\C=N\PI)c1ccc2nc(N)sc2c1. The Hall–Kier alpha value is -0.720. The van der Waals surface area contributed by atoms with Gasteiger partial charge in [-0.25, -0.2) is 4.98 Å². The Kier molecular flexibility index (Phi) is 4.31. The first-order valence-corrected chi connectivity index (χ1v) is 9.59. The molecule has 7 heteroatoms. The third-order valence-electron chi connectivity index (χ3n) is 2.17. The Balaban J connectivity index is 2.44. The Labute approximate surface area is 118 Å². The van der Waals surface area contributed by atoms with Crippen molar-refractivity contribution in [2.24, 2.45) is 10.5 Å². The van der Waals surface area contributed by atoms with Gasteiger partial charge in [0, 0.05) is 18.0 Å². The minimum Gasteiger partial charge on any atom is -0.404 e. The van der Waals surface area contributed by atoms with E-state index in [2.05, 4.69) is 31.8 Å². The number of aromatic nitrogens is 1. The molecule has 0 saturated heterocycles. The standard InChI is InChI=1S/C10H10IN4PS/c11-16-14-5-7(4-12)6-1-2-8-9(3-6)17-10(13)15-8/h1-5,16H,12H2,(H2,13,15)/b7-4+,14-5+. The molecular formula is C10H10IN4PS. The van der Waals surface area contributed by atoms with Gasteiger partial charge < -0.3 is 11.5 Å². The fourth-order valence-corrected chi connectivity index (χ4v) is 2.81. The number of nitrogens with two attached hydrogens (primary N) is 2. The van der Waals surface area contributed by atoms with Crippen LogP contribution in [-0.2, 0) is 0 Å². The van der Waals surface area contributed by atoms with E-state index in [-0.39, 0.29) is 0 Å². The zero-order valence-electron chi connectivity index (χ0n) is 8.72. The maximum absolute atomic E-state index is 5.67. The largest absolute Gasteiger partial charge is 0.404 e. The highest BCUT2D eigenvalue weighted by atomic mass is 127. The van der Waals surface area contributed by atoms with Crippen molar-refractivity contribution in [2.75, 3.05) is 5.73 Å². The molecule has 0 amide bonds. The van der Waals surface area contributed by atoms with E-state index in [1.165, 1.54) is 11.3 Å². The van der Waals surface area contributed by atoms with Crippen LogP contribution in [-0.4, -0.2) is 11.2 Å². The molecule has 2 rings (SSSR count). The number of allylic oxidation sites excluding steroid dienone is 1. The molecule has 2 aromatic rings. The number of nitrogen functional groups attached to an aromatic ring is 1. The van der Waals surface area contributed by atoms with E-state index in [4.69, 9.17) is 11.5 Å². The monoisotopic (exact) mass is 376 g/mol. The van der Waals surface area contributed by atoms with Gasteiger partial charge in [-0.15, -0.1) is 0 Å². The van der Waals surface area contributed by atoms with Crippen molar-refractivity contribution < 1.29 is 0 Å². The molecule has 4 N–H and O–H groups in total. The molecule has 0 radical (unpaired) electrons. The Morgan fingerprint density at radius 1 is 1.53 bits per heavy atom. The van der Waals surface area contributed by atoms with Crippen LogP contribution >= 0.6 is 39.8 Å². The zero-order valence-corrected chi connectivity index (χ0v) is 12.7. The second-order valence-electron chi connectivity index (χ2n) is 3.20. The highest BCUT2D eigenvalue weighted by molar-refractivity contribution is 14.2. The van der Waals surface area contributed by atoms with Gasteiger partial charge in [0.15, 0.2) is 5.13 Å². The molecule has 0 fully saturated rings. The Morgan fingerprint density at radius 3 is 3.06 bits per heavy atom. The summed E-state index contributed by atoms with van der Waals surface area (Å²) in [6, 6.07) is 5.95. The van der Waals surface area contributed by atoms with Crippen LogP contribution in [0.1, 0.15) is 5.56 Å². The van der Waals surface area contributed by atoms with Gasteiger partial charge in [0.05, 0.1) is 16.6 Å². The zero-order chi connectivity index (χ0) is 12.3. The maximum atomic E-state index is 5.67. The summed E-state index contributed by atoms with van der Waals surface area (Å²) < 4.78 is 5.27. The number of halogens is 1. The summed E-state index contributed by atoms with van der Waals surface area (Å²) >= 11 is 3.68. The van der Waals surface area contributed by atoms with Gasteiger partial charge in [-0.2, -0.15) is 0 Å². The van der Waals surface area contributed by atoms with Crippen molar-refractivity contribution in [1.29, 1.82) is 0 Å². The minimum absolute atomic E-state index is 0.497. The van der Waals surface area contributed by atoms with E-state index in [0.29, 0.717) is 11.5 Å². The second-order valence-corrected chi connectivity index (χ2v) is 6.14. The summed E-state index contributed by atoms with van der Waals surface area (Å²) in [6.45, 7) is 0. The lowest BCUT2D eigenvalue weighted by Crippen LogP contribution is -1.90. The van der Waals surface area contributed by atoms with E-state index in [1.807, 2.05) is 18.2 Å². The molecular weight excluding hydrogens is 366 g/mol. The summed E-state index contributed by atoms with van der Waals surface area (Å²) in [4.78, 5) is 4.21.